The van der Waals surface area contributed by atoms with Gasteiger partial charge in [0.25, 0.3) is 0 Å². The summed E-state index contributed by atoms with van der Waals surface area (Å²) in [6.07, 6.45) is 4.12. The molecule has 236 valence electrons. The molecular formula is C33H50N6O4. The second-order valence-corrected chi connectivity index (χ2v) is 11.8. The molecule has 10 heteroatoms. The summed E-state index contributed by atoms with van der Waals surface area (Å²) in [4.78, 5) is 30.3. The van der Waals surface area contributed by atoms with E-state index in [1.807, 2.05) is 57.2 Å². The van der Waals surface area contributed by atoms with Crippen molar-refractivity contribution in [1.29, 1.82) is 0 Å². The monoisotopic (exact) mass is 594 g/mol. The Balaban J connectivity index is 0.000000236. The molecular weight excluding hydrogens is 544 g/mol. The van der Waals surface area contributed by atoms with Crippen LogP contribution < -0.4 is 14.8 Å². The molecule has 4 aromatic rings. The van der Waals surface area contributed by atoms with E-state index < -0.39 is 5.60 Å². The number of methoxy groups -OCH3 is 2. The predicted molar refractivity (Wildman–Crippen MR) is 173 cm³/mol. The van der Waals surface area contributed by atoms with Gasteiger partial charge in [0.2, 0.25) is 0 Å². The number of para-hydroxylation sites is 2. The van der Waals surface area contributed by atoms with Crippen LogP contribution in [0.2, 0.25) is 0 Å². The Labute approximate surface area is 255 Å². The highest BCUT2D eigenvalue weighted by molar-refractivity contribution is 5.82. The van der Waals surface area contributed by atoms with Crippen molar-refractivity contribution in [2.75, 3.05) is 40.4 Å². The average molecular weight is 595 g/mol. The first-order valence-corrected chi connectivity index (χ1v) is 14.5. The maximum atomic E-state index is 12.3. The SMILES string of the molecule is C.C.COc1cccc2[nH]c([C@@H]3CCCN(C(=O)OC(C)(C)C)C3)nc12.COc1cccc2[nH]c([C@@H]3CCCNC3)nc12. The number of fused-ring (bicyclic) bond motifs is 2. The zero-order chi connectivity index (χ0) is 29.0. The number of carbonyl (C=O) groups is 1. The summed E-state index contributed by atoms with van der Waals surface area (Å²) in [5.74, 6) is 4.27. The summed E-state index contributed by atoms with van der Waals surface area (Å²) >= 11 is 0. The maximum absolute atomic E-state index is 12.3. The summed E-state index contributed by atoms with van der Waals surface area (Å²) < 4.78 is 16.2. The summed E-state index contributed by atoms with van der Waals surface area (Å²) in [5.41, 5.74) is 3.32. The number of amides is 1. The molecule has 0 saturated carbocycles. The van der Waals surface area contributed by atoms with Crippen LogP contribution in [-0.4, -0.2) is 76.9 Å². The fourth-order valence-electron chi connectivity index (χ4n) is 5.54. The number of aromatic nitrogens is 4. The molecule has 2 aliphatic rings. The molecule has 2 aromatic carbocycles. The van der Waals surface area contributed by atoms with Gasteiger partial charge in [0.05, 0.1) is 25.3 Å². The standard InChI is InChI=1S/C18H25N3O3.C13H17N3O.2CH4/c1-18(2,3)24-17(22)21-10-6-7-12(11-21)16-19-13-8-5-9-14(23-4)15(13)20-16;1-17-11-6-2-5-10-12(11)16-13(15-10)9-4-3-7-14-8-9;;/h5,8-9,12H,6-7,10-11H2,1-4H3,(H,19,20);2,5-6,9,14H,3-4,7-8H2,1H3,(H,15,16);2*1H4/t12-;9-;;/m11../s1. The quantitative estimate of drug-likeness (QED) is 0.233. The molecule has 4 heterocycles. The lowest BCUT2D eigenvalue weighted by atomic mass is 9.98. The van der Waals surface area contributed by atoms with Crippen LogP contribution in [0, 0.1) is 0 Å². The maximum Gasteiger partial charge on any atom is 0.410 e. The third-order valence-corrected chi connectivity index (χ3v) is 7.57. The van der Waals surface area contributed by atoms with Gasteiger partial charge >= 0.3 is 6.09 Å². The van der Waals surface area contributed by atoms with Crippen LogP contribution in [0.15, 0.2) is 36.4 Å². The Kier molecular flexibility index (Phi) is 11.4. The minimum Gasteiger partial charge on any atom is -0.494 e. The number of hydrogen-bond donors (Lipinski definition) is 3. The largest absolute Gasteiger partial charge is 0.494 e. The predicted octanol–water partition coefficient (Wildman–Crippen LogP) is 7.00. The molecule has 10 nitrogen and oxygen atoms in total. The highest BCUT2D eigenvalue weighted by Gasteiger charge is 2.30. The van der Waals surface area contributed by atoms with Crippen LogP contribution in [0.5, 0.6) is 11.5 Å². The van der Waals surface area contributed by atoms with E-state index in [2.05, 4.69) is 20.3 Å². The molecule has 0 aliphatic carbocycles. The first-order valence-electron chi connectivity index (χ1n) is 14.5. The number of carbonyl (C=O) groups excluding carboxylic acids is 1. The van der Waals surface area contributed by atoms with E-state index in [0.29, 0.717) is 12.5 Å². The third kappa shape index (κ3) is 7.98. The summed E-state index contributed by atoms with van der Waals surface area (Å²) in [5, 5.41) is 3.42. The van der Waals surface area contributed by atoms with E-state index in [1.54, 1.807) is 19.1 Å². The van der Waals surface area contributed by atoms with Crippen molar-refractivity contribution in [2.24, 2.45) is 0 Å². The smallest absolute Gasteiger partial charge is 0.410 e. The fourth-order valence-corrected chi connectivity index (χ4v) is 5.54. The molecule has 0 radical (unpaired) electrons. The van der Waals surface area contributed by atoms with Crippen molar-refractivity contribution in [3.05, 3.63) is 48.0 Å². The van der Waals surface area contributed by atoms with Gasteiger partial charge in [-0.05, 0) is 77.3 Å². The van der Waals surface area contributed by atoms with Gasteiger partial charge in [-0.3, -0.25) is 0 Å². The fraction of sp³-hybridized carbons (Fsp3) is 0.545. The first kappa shape index (κ1) is 33.7. The molecule has 2 aliphatic heterocycles. The van der Waals surface area contributed by atoms with Gasteiger partial charge in [-0.2, -0.15) is 0 Å². The number of aromatic amines is 2. The van der Waals surface area contributed by atoms with Crippen molar-refractivity contribution in [3.63, 3.8) is 0 Å². The molecule has 43 heavy (non-hydrogen) atoms. The van der Waals surface area contributed by atoms with Crippen molar-refractivity contribution in [2.45, 2.75) is 78.7 Å². The van der Waals surface area contributed by atoms with Gasteiger partial charge in [0.1, 0.15) is 39.8 Å². The lowest BCUT2D eigenvalue weighted by Gasteiger charge is -2.33. The lowest BCUT2D eigenvalue weighted by molar-refractivity contribution is 0.0196. The molecule has 2 fully saturated rings. The van der Waals surface area contributed by atoms with Crippen molar-refractivity contribution in [1.82, 2.24) is 30.2 Å². The molecule has 0 bridgehead atoms. The molecule has 1 amide bonds. The summed E-state index contributed by atoms with van der Waals surface area (Å²) in [6, 6.07) is 11.8. The van der Waals surface area contributed by atoms with Crippen LogP contribution in [0.3, 0.4) is 0 Å². The topological polar surface area (TPSA) is 117 Å². The number of likely N-dealkylation sites (tertiary alicyclic amines) is 1. The Hall–Kier alpha value is -3.79. The van der Waals surface area contributed by atoms with E-state index >= 15 is 0 Å². The van der Waals surface area contributed by atoms with Gasteiger partial charge in [-0.15, -0.1) is 0 Å². The second-order valence-electron chi connectivity index (χ2n) is 11.8. The van der Waals surface area contributed by atoms with Crippen LogP contribution >= 0.6 is 0 Å². The number of H-pyrrole nitrogens is 2. The van der Waals surface area contributed by atoms with E-state index in [-0.39, 0.29) is 26.9 Å². The van der Waals surface area contributed by atoms with Crippen LogP contribution in [0.1, 0.15) is 84.8 Å². The van der Waals surface area contributed by atoms with Gasteiger partial charge in [-0.25, -0.2) is 14.8 Å². The first-order chi connectivity index (χ1) is 19.8. The number of piperidine rings is 2. The molecule has 2 aromatic heterocycles. The zero-order valence-corrected chi connectivity index (χ0v) is 24.8. The van der Waals surface area contributed by atoms with Crippen LogP contribution in [0.25, 0.3) is 22.1 Å². The van der Waals surface area contributed by atoms with Crippen LogP contribution in [0.4, 0.5) is 4.79 Å². The Morgan fingerprint density at radius 2 is 1.42 bits per heavy atom. The number of rotatable bonds is 4. The molecule has 2 saturated heterocycles. The van der Waals surface area contributed by atoms with Gasteiger partial charge < -0.3 is 34.4 Å². The minimum atomic E-state index is -0.475. The van der Waals surface area contributed by atoms with Crippen molar-refractivity contribution >= 4 is 28.2 Å². The molecule has 0 spiro atoms. The number of benzene rings is 2. The number of ether oxygens (including phenoxy) is 3. The Bertz CT molecular complexity index is 1470. The van der Waals surface area contributed by atoms with E-state index in [4.69, 9.17) is 19.2 Å². The highest BCUT2D eigenvalue weighted by Crippen LogP contribution is 2.31. The Morgan fingerprint density at radius 3 is 1.93 bits per heavy atom. The molecule has 3 N–H and O–H groups in total. The van der Waals surface area contributed by atoms with Gasteiger partial charge in [0, 0.05) is 31.5 Å². The van der Waals surface area contributed by atoms with E-state index in [1.165, 1.54) is 12.8 Å². The summed E-state index contributed by atoms with van der Waals surface area (Å²) in [6.45, 7) is 9.15. The van der Waals surface area contributed by atoms with Gasteiger partial charge in [0.15, 0.2) is 0 Å². The Morgan fingerprint density at radius 1 is 0.860 bits per heavy atom. The minimum absolute atomic E-state index is 0. The van der Waals surface area contributed by atoms with Crippen LogP contribution in [-0.2, 0) is 4.74 Å². The average Bonchev–Trinajstić information content (AvgIpc) is 3.62. The third-order valence-electron chi connectivity index (χ3n) is 7.57. The number of hydrogen-bond acceptors (Lipinski definition) is 7. The molecule has 2 atom stereocenters. The van der Waals surface area contributed by atoms with Crippen molar-refractivity contribution in [3.8, 4) is 11.5 Å². The summed E-state index contributed by atoms with van der Waals surface area (Å²) in [7, 11) is 3.33. The van der Waals surface area contributed by atoms with E-state index in [9.17, 15) is 4.79 Å². The lowest BCUT2D eigenvalue weighted by Crippen LogP contribution is -2.42. The van der Waals surface area contributed by atoms with E-state index in [0.717, 1.165) is 77.7 Å². The van der Waals surface area contributed by atoms with Gasteiger partial charge in [-0.1, -0.05) is 27.0 Å². The normalized spacial score (nSPS) is 18.6. The van der Waals surface area contributed by atoms with Crippen molar-refractivity contribution < 1.29 is 19.0 Å². The zero-order valence-electron chi connectivity index (χ0n) is 24.8. The number of imidazole rings is 2. The second kappa shape index (κ2) is 14.6. The molecule has 6 rings (SSSR count). The number of nitrogens with zero attached hydrogens (tertiary/aromatic N) is 3. The number of nitrogens with one attached hydrogen (secondary N) is 3. The molecule has 0 unspecified atom stereocenters. The highest BCUT2D eigenvalue weighted by atomic mass is 16.6.